The van der Waals surface area contributed by atoms with E-state index in [0.717, 1.165) is 17.7 Å². The van der Waals surface area contributed by atoms with Crippen LogP contribution in [0.25, 0.3) is 0 Å². The van der Waals surface area contributed by atoms with E-state index in [2.05, 4.69) is 10.6 Å². The zero-order chi connectivity index (χ0) is 20.2. The maximum atomic E-state index is 12.9. The molecule has 1 aliphatic heterocycles. The Kier molecular flexibility index (Phi) is 5.16. The van der Waals surface area contributed by atoms with Crippen molar-refractivity contribution in [3.63, 3.8) is 0 Å². The number of hydrogen-bond acceptors (Lipinski definition) is 3. The maximum absolute atomic E-state index is 12.9. The van der Waals surface area contributed by atoms with E-state index in [4.69, 9.17) is 4.74 Å². The molecule has 0 atom stereocenters. The van der Waals surface area contributed by atoms with E-state index in [1.807, 2.05) is 54.6 Å². The zero-order valence-corrected chi connectivity index (χ0v) is 16.0. The number of rotatable bonds is 4. The van der Waals surface area contributed by atoms with Gasteiger partial charge < -0.3 is 20.3 Å². The van der Waals surface area contributed by atoms with Crippen molar-refractivity contribution < 1.29 is 14.3 Å². The van der Waals surface area contributed by atoms with Gasteiger partial charge in [0.2, 0.25) is 0 Å². The van der Waals surface area contributed by atoms with E-state index in [1.165, 1.54) is 0 Å². The summed E-state index contributed by atoms with van der Waals surface area (Å²) in [7, 11) is 1.58. The predicted molar refractivity (Wildman–Crippen MR) is 114 cm³/mol. The molecule has 0 spiro atoms. The Balaban J connectivity index is 1.49. The van der Waals surface area contributed by atoms with E-state index in [0.29, 0.717) is 29.2 Å². The maximum Gasteiger partial charge on any atom is 0.323 e. The fraction of sp³-hybridized carbons (Fsp3) is 0.130. The quantitative estimate of drug-likeness (QED) is 0.690. The van der Waals surface area contributed by atoms with Gasteiger partial charge in [-0.25, -0.2) is 4.79 Å². The second-order valence-electron chi connectivity index (χ2n) is 6.73. The molecule has 0 unspecified atom stereocenters. The first-order valence-electron chi connectivity index (χ1n) is 9.36. The normalized spacial score (nSPS) is 12.2. The number of benzene rings is 3. The average molecular weight is 387 g/mol. The third-order valence-electron chi connectivity index (χ3n) is 4.83. The second kappa shape index (κ2) is 8.06. The van der Waals surface area contributed by atoms with Crippen LogP contribution in [0.5, 0.6) is 5.75 Å². The Labute approximate surface area is 169 Å². The summed E-state index contributed by atoms with van der Waals surface area (Å²) in [6, 6.07) is 21.6. The Morgan fingerprint density at radius 3 is 2.41 bits per heavy atom. The second-order valence-corrected chi connectivity index (χ2v) is 6.73. The number of carbonyl (C=O) groups excluding carboxylic acids is 2. The lowest BCUT2D eigenvalue weighted by Gasteiger charge is -2.18. The van der Waals surface area contributed by atoms with Crippen LogP contribution in [0.15, 0.2) is 72.8 Å². The summed E-state index contributed by atoms with van der Waals surface area (Å²) in [6.07, 6.45) is 0.796. The van der Waals surface area contributed by atoms with Crippen LogP contribution < -0.4 is 20.3 Å². The molecule has 0 saturated heterocycles. The number of fused-ring (bicyclic) bond motifs is 1. The van der Waals surface area contributed by atoms with Crippen molar-refractivity contribution in [2.24, 2.45) is 0 Å². The van der Waals surface area contributed by atoms with Gasteiger partial charge in [-0.1, -0.05) is 30.3 Å². The van der Waals surface area contributed by atoms with Crippen LogP contribution in [0, 0.1) is 0 Å². The Morgan fingerprint density at radius 1 is 0.897 bits per heavy atom. The molecular weight excluding hydrogens is 366 g/mol. The number of urea groups is 1. The van der Waals surface area contributed by atoms with Crippen molar-refractivity contribution in [2.75, 3.05) is 29.2 Å². The SMILES string of the molecule is COc1cccc(NC(=O)Nc2ccc3c(c2)N(C(=O)c2ccccc2)CC3)c1. The van der Waals surface area contributed by atoms with Crippen LogP contribution >= 0.6 is 0 Å². The predicted octanol–water partition coefficient (Wildman–Crippen LogP) is 4.54. The smallest absolute Gasteiger partial charge is 0.323 e. The molecule has 29 heavy (non-hydrogen) atoms. The highest BCUT2D eigenvalue weighted by atomic mass is 16.5. The van der Waals surface area contributed by atoms with Crippen molar-refractivity contribution >= 4 is 29.0 Å². The van der Waals surface area contributed by atoms with Gasteiger partial charge in [-0.15, -0.1) is 0 Å². The molecule has 2 N–H and O–H groups in total. The van der Waals surface area contributed by atoms with Crippen LogP contribution in [0.1, 0.15) is 15.9 Å². The molecular formula is C23H21N3O3. The molecule has 6 nitrogen and oxygen atoms in total. The molecule has 3 amide bonds. The van der Waals surface area contributed by atoms with Gasteiger partial charge in [-0.3, -0.25) is 4.79 Å². The number of nitrogens with zero attached hydrogens (tertiary/aromatic N) is 1. The molecule has 1 aliphatic rings. The van der Waals surface area contributed by atoms with Crippen LogP contribution in [0.4, 0.5) is 21.9 Å². The van der Waals surface area contributed by atoms with E-state index in [-0.39, 0.29) is 11.9 Å². The lowest BCUT2D eigenvalue weighted by Crippen LogP contribution is -2.29. The summed E-state index contributed by atoms with van der Waals surface area (Å²) in [5, 5.41) is 5.61. The number of anilines is 3. The van der Waals surface area contributed by atoms with Crippen LogP contribution in [0.3, 0.4) is 0 Å². The highest BCUT2D eigenvalue weighted by molar-refractivity contribution is 6.08. The molecule has 3 aromatic carbocycles. The van der Waals surface area contributed by atoms with Crippen molar-refractivity contribution in [3.8, 4) is 5.75 Å². The zero-order valence-electron chi connectivity index (χ0n) is 16.0. The van der Waals surface area contributed by atoms with Gasteiger partial charge in [0.25, 0.3) is 5.91 Å². The number of nitrogens with one attached hydrogen (secondary N) is 2. The van der Waals surface area contributed by atoms with E-state index in [1.54, 1.807) is 30.2 Å². The van der Waals surface area contributed by atoms with E-state index < -0.39 is 0 Å². The van der Waals surface area contributed by atoms with Crippen LogP contribution in [-0.4, -0.2) is 25.6 Å². The van der Waals surface area contributed by atoms with Gasteiger partial charge >= 0.3 is 6.03 Å². The third-order valence-corrected chi connectivity index (χ3v) is 4.83. The van der Waals surface area contributed by atoms with Crippen LogP contribution in [-0.2, 0) is 6.42 Å². The van der Waals surface area contributed by atoms with Crippen molar-refractivity contribution in [3.05, 3.63) is 83.9 Å². The summed E-state index contributed by atoms with van der Waals surface area (Å²) in [5.74, 6) is 0.623. The molecule has 146 valence electrons. The number of amides is 3. The number of hydrogen-bond donors (Lipinski definition) is 2. The summed E-state index contributed by atoms with van der Waals surface area (Å²) in [4.78, 5) is 27.0. The summed E-state index contributed by atoms with van der Waals surface area (Å²) >= 11 is 0. The van der Waals surface area contributed by atoms with E-state index >= 15 is 0 Å². The Hall–Kier alpha value is -3.80. The van der Waals surface area contributed by atoms with Crippen molar-refractivity contribution in [1.29, 1.82) is 0 Å². The van der Waals surface area contributed by atoms with E-state index in [9.17, 15) is 9.59 Å². The highest BCUT2D eigenvalue weighted by Gasteiger charge is 2.25. The molecule has 3 aromatic rings. The van der Waals surface area contributed by atoms with Gasteiger partial charge in [0.1, 0.15) is 5.75 Å². The lowest BCUT2D eigenvalue weighted by molar-refractivity contribution is 0.0989. The fourth-order valence-electron chi connectivity index (χ4n) is 3.40. The summed E-state index contributed by atoms with van der Waals surface area (Å²) in [6.45, 7) is 0.628. The molecule has 0 aliphatic carbocycles. The minimum Gasteiger partial charge on any atom is -0.497 e. The van der Waals surface area contributed by atoms with Gasteiger partial charge in [0, 0.05) is 35.2 Å². The number of ether oxygens (including phenoxy) is 1. The first-order chi connectivity index (χ1) is 14.1. The van der Waals surface area contributed by atoms with Crippen molar-refractivity contribution in [2.45, 2.75) is 6.42 Å². The Morgan fingerprint density at radius 2 is 1.66 bits per heavy atom. The molecule has 0 aromatic heterocycles. The van der Waals surface area contributed by atoms with Crippen molar-refractivity contribution in [1.82, 2.24) is 0 Å². The highest BCUT2D eigenvalue weighted by Crippen LogP contribution is 2.32. The lowest BCUT2D eigenvalue weighted by atomic mass is 10.1. The minimum absolute atomic E-state index is 0.0395. The summed E-state index contributed by atoms with van der Waals surface area (Å²) < 4.78 is 5.17. The molecule has 6 heteroatoms. The first-order valence-corrected chi connectivity index (χ1v) is 9.36. The largest absolute Gasteiger partial charge is 0.497 e. The molecule has 4 rings (SSSR count). The molecule has 1 heterocycles. The van der Waals surface area contributed by atoms with Crippen LogP contribution in [0.2, 0.25) is 0 Å². The molecule has 0 radical (unpaired) electrons. The minimum atomic E-state index is -0.364. The molecule has 0 bridgehead atoms. The summed E-state index contributed by atoms with van der Waals surface area (Å²) in [5.41, 5.74) is 3.82. The number of methoxy groups -OCH3 is 1. The monoisotopic (exact) mass is 387 g/mol. The topological polar surface area (TPSA) is 70.7 Å². The first kappa shape index (κ1) is 18.6. The molecule has 0 fully saturated rings. The Bertz CT molecular complexity index is 1050. The fourth-order valence-corrected chi connectivity index (χ4v) is 3.40. The van der Waals surface area contributed by atoms with Gasteiger partial charge in [0.15, 0.2) is 0 Å². The van der Waals surface area contributed by atoms with Gasteiger partial charge in [-0.05, 0) is 48.4 Å². The third kappa shape index (κ3) is 4.06. The average Bonchev–Trinajstić information content (AvgIpc) is 3.17. The van der Waals surface area contributed by atoms with Gasteiger partial charge in [0.05, 0.1) is 7.11 Å². The van der Waals surface area contributed by atoms with Gasteiger partial charge in [-0.2, -0.15) is 0 Å². The standard InChI is InChI=1S/C23H21N3O3/c1-29-20-9-5-8-18(14-20)24-23(28)25-19-11-10-16-12-13-26(21(16)15-19)22(27)17-6-3-2-4-7-17/h2-11,14-15H,12-13H2,1H3,(H2,24,25,28). The number of carbonyl (C=O) groups is 2. The molecule has 0 saturated carbocycles.